The van der Waals surface area contributed by atoms with E-state index < -0.39 is 0 Å². The van der Waals surface area contributed by atoms with Crippen LogP contribution >= 0.6 is 0 Å². The summed E-state index contributed by atoms with van der Waals surface area (Å²) in [5, 5.41) is 0. The Morgan fingerprint density at radius 2 is 0.903 bits per heavy atom. The van der Waals surface area contributed by atoms with Crippen molar-refractivity contribution in [3.63, 3.8) is 0 Å². The lowest BCUT2D eigenvalue weighted by Crippen LogP contribution is -1.96. The largest absolute Gasteiger partial charge is 0.228 e. The molecule has 0 fully saturated rings. The molecule has 31 heavy (non-hydrogen) atoms. The molecular formula is C29H22N2. The summed E-state index contributed by atoms with van der Waals surface area (Å²) in [6.45, 7) is 2.12. The van der Waals surface area contributed by atoms with Gasteiger partial charge in [0.15, 0.2) is 5.82 Å². The topological polar surface area (TPSA) is 25.8 Å². The van der Waals surface area contributed by atoms with E-state index >= 15 is 0 Å². The first-order valence-electron chi connectivity index (χ1n) is 10.4. The minimum absolute atomic E-state index is 0.731. The summed E-state index contributed by atoms with van der Waals surface area (Å²) in [5.41, 5.74) is 8.62. The van der Waals surface area contributed by atoms with Gasteiger partial charge in [0, 0.05) is 16.7 Å². The molecule has 0 bridgehead atoms. The minimum Gasteiger partial charge on any atom is -0.228 e. The van der Waals surface area contributed by atoms with Crippen LogP contribution in [0, 0.1) is 6.92 Å². The Hall–Kier alpha value is -4.04. The van der Waals surface area contributed by atoms with Crippen molar-refractivity contribution in [1.29, 1.82) is 0 Å². The predicted molar refractivity (Wildman–Crippen MR) is 129 cm³/mol. The molecular weight excluding hydrogens is 376 g/mol. The molecule has 0 aliphatic rings. The third-order valence-corrected chi connectivity index (χ3v) is 5.34. The van der Waals surface area contributed by atoms with Gasteiger partial charge in [0.05, 0.1) is 11.4 Å². The average molecular weight is 399 g/mol. The van der Waals surface area contributed by atoms with E-state index in [2.05, 4.69) is 85.8 Å². The predicted octanol–water partition coefficient (Wildman–Crippen LogP) is 7.45. The fourth-order valence-corrected chi connectivity index (χ4v) is 3.75. The summed E-state index contributed by atoms with van der Waals surface area (Å²) in [6.07, 6.45) is 0. The SMILES string of the molecule is Cc1cccc(-c2cccc(-c3nc(-c4ccccc4)cc(-c4ccccc4)n3)c2)c1. The Bertz CT molecular complexity index is 1270. The Kier molecular flexibility index (Phi) is 5.12. The molecule has 0 saturated heterocycles. The Labute approximate surface area is 182 Å². The van der Waals surface area contributed by atoms with Gasteiger partial charge >= 0.3 is 0 Å². The van der Waals surface area contributed by atoms with Gasteiger partial charge in [-0.2, -0.15) is 0 Å². The van der Waals surface area contributed by atoms with Crippen LogP contribution < -0.4 is 0 Å². The third-order valence-electron chi connectivity index (χ3n) is 5.34. The third kappa shape index (κ3) is 4.15. The highest BCUT2D eigenvalue weighted by atomic mass is 14.9. The molecule has 1 heterocycles. The van der Waals surface area contributed by atoms with Crippen molar-refractivity contribution in [3.8, 4) is 45.0 Å². The van der Waals surface area contributed by atoms with Crippen LogP contribution in [0.4, 0.5) is 0 Å². The van der Waals surface area contributed by atoms with Crippen LogP contribution in [0.5, 0.6) is 0 Å². The van der Waals surface area contributed by atoms with Crippen molar-refractivity contribution in [3.05, 3.63) is 121 Å². The fraction of sp³-hybridized carbons (Fsp3) is 0.0345. The Morgan fingerprint density at radius 3 is 1.48 bits per heavy atom. The van der Waals surface area contributed by atoms with Gasteiger partial charge in [0.1, 0.15) is 0 Å². The van der Waals surface area contributed by atoms with Crippen LogP contribution in [0.1, 0.15) is 5.56 Å². The highest BCUT2D eigenvalue weighted by Gasteiger charge is 2.11. The van der Waals surface area contributed by atoms with Crippen LogP contribution in [0.25, 0.3) is 45.0 Å². The van der Waals surface area contributed by atoms with Crippen molar-refractivity contribution in [2.75, 3.05) is 0 Å². The normalized spacial score (nSPS) is 10.7. The number of rotatable bonds is 4. The zero-order chi connectivity index (χ0) is 21.0. The maximum Gasteiger partial charge on any atom is 0.160 e. The molecule has 5 aromatic rings. The van der Waals surface area contributed by atoms with Gasteiger partial charge in [-0.25, -0.2) is 9.97 Å². The fourth-order valence-electron chi connectivity index (χ4n) is 3.75. The van der Waals surface area contributed by atoms with Crippen molar-refractivity contribution in [2.24, 2.45) is 0 Å². The lowest BCUT2D eigenvalue weighted by atomic mass is 10.0. The molecule has 2 nitrogen and oxygen atoms in total. The van der Waals surface area contributed by atoms with Crippen LogP contribution in [-0.4, -0.2) is 9.97 Å². The Balaban J connectivity index is 1.66. The minimum atomic E-state index is 0.731. The first-order valence-corrected chi connectivity index (χ1v) is 10.4. The van der Waals surface area contributed by atoms with E-state index in [0.29, 0.717) is 0 Å². The van der Waals surface area contributed by atoms with Crippen LogP contribution in [0.15, 0.2) is 115 Å². The lowest BCUT2D eigenvalue weighted by Gasteiger charge is -2.10. The monoisotopic (exact) mass is 398 g/mol. The molecule has 1 aromatic heterocycles. The van der Waals surface area contributed by atoms with E-state index in [4.69, 9.17) is 9.97 Å². The number of nitrogens with zero attached hydrogens (tertiary/aromatic N) is 2. The van der Waals surface area contributed by atoms with Gasteiger partial charge in [-0.15, -0.1) is 0 Å². The van der Waals surface area contributed by atoms with E-state index in [0.717, 1.165) is 39.5 Å². The highest BCUT2D eigenvalue weighted by Crippen LogP contribution is 2.29. The first kappa shape index (κ1) is 19.0. The molecule has 0 atom stereocenters. The molecule has 5 rings (SSSR count). The quantitative estimate of drug-likeness (QED) is 0.314. The summed E-state index contributed by atoms with van der Waals surface area (Å²) in [7, 11) is 0. The van der Waals surface area contributed by atoms with Gasteiger partial charge in [-0.05, 0) is 30.2 Å². The molecule has 0 N–H and O–H groups in total. The number of benzene rings is 4. The first-order chi connectivity index (χ1) is 15.3. The molecule has 0 unspecified atom stereocenters. The van der Waals surface area contributed by atoms with Crippen molar-refractivity contribution >= 4 is 0 Å². The second-order valence-corrected chi connectivity index (χ2v) is 7.64. The summed E-state index contributed by atoms with van der Waals surface area (Å²) < 4.78 is 0. The molecule has 0 spiro atoms. The summed E-state index contributed by atoms with van der Waals surface area (Å²) in [6, 6.07) is 39.6. The second kappa shape index (κ2) is 8.37. The van der Waals surface area contributed by atoms with Crippen molar-refractivity contribution in [1.82, 2.24) is 9.97 Å². The van der Waals surface area contributed by atoms with Crippen molar-refractivity contribution in [2.45, 2.75) is 6.92 Å². The maximum atomic E-state index is 4.94. The summed E-state index contributed by atoms with van der Waals surface area (Å²) in [5.74, 6) is 0.731. The molecule has 0 aliphatic carbocycles. The molecule has 0 radical (unpaired) electrons. The number of aromatic nitrogens is 2. The average Bonchev–Trinajstić information content (AvgIpc) is 2.85. The zero-order valence-electron chi connectivity index (χ0n) is 17.4. The number of hydrogen-bond donors (Lipinski definition) is 0. The van der Waals surface area contributed by atoms with Gasteiger partial charge in [-0.1, -0.05) is 109 Å². The summed E-state index contributed by atoms with van der Waals surface area (Å²) in [4.78, 5) is 9.88. The van der Waals surface area contributed by atoms with E-state index in [1.807, 2.05) is 36.4 Å². The molecule has 4 aromatic carbocycles. The van der Waals surface area contributed by atoms with E-state index in [1.54, 1.807) is 0 Å². The van der Waals surface area contributed by atoms with Gasteiger partial charge in [-0.3, -0.25) is 0 Å². The van der Waals surface area contributed by atoms with E-state index in [-0.39, 0.29) is 0 Å². The van der Waals surface area contributed by atoms with Crippen LogP contribution in [0.3, 0.4) is 0 Å². The lowest BCUT2D eigenvalue weighted by molar-refractivity contribution is 1.18. The second-order valence-electron chi connectivity index (χ2n) is 7.64. The number of hydrogen-bond acceptors (Lipinski definition) is 2. The highest BCUT2D eigenvalue weighted by molar-refractivity contribution is 5.74. The van der Waals surface area contributed by atoms with Crippen molar-refractivity contribution < 1.29 is 0 Å². The van der Waals surface area contributed by atoms with E-state index in [1.165, 1.54) is 11.1 Å². The number of aryl methyl sites for hydroxylation is 1. The van der Waals surface area contributed by atoms with Gasteiger partial charge in [0.2, 0.25) is 0 Å². The zero-order valence-corrected chi connectivity index (χ0v) is 17.4. The van der Waals surface area contributed by atoms with Crippen LogP contribution in [-0.2, 0) is 0 Å². The smallest absolute Gasteiger partial charge is 0.160 e. The Morgan fingerprint density at radius 1 is 0.419 bits per heavy atom. The summed E-state index contributed by atoms with van der Waals surface area (Å²) >= 11 is 0. The van der Waals surface area contributed by atoms with Gasteiger partial charge in [0.25, 0.3) is 0 Å². The van der Waals surface area contributed by atoms with E-state index in [9.17, 15) is 0 Å². The molecule has 0 saturated carbocycles. The maximum absolute atomic E-state index is 4.94. The molecule has 148 valence electrons. The molecule has 2 heteroatoms. The molecule has 0 amide bonds. The standard InChI is InChI=1S/C29H22N2/c1-21-10-8-15-24(18-21)25-16-9-17-26(19-25)29-30-27(22-11-4-2-5-12-22)20-28(31-29)23-13-6-3-7-14-23/h2-20H,1H3. The van der Waals surface area contributed by atoms with Gasteiger partial charge < -0.3 is 0 Å². The van der Waals surface area contributed by atoms with Crippen LogP contribution in [0.2, 0.25) is 0 Å². The molecule has 0 aliphatic heterocycles.